The number of ether oxygens (including phenoxy) is 1. The third-order valence-corrected chi connectivity index (χ3v) is 2.96. The van der Waals surface area contributed by atoms with Crippen molar-refractivity contribution < 1.29 is 9.84 Å². The lowest BCUT2D eigenvalue weighted by molar-refractivity contribution is 0.113. The van der Waals surface area contributed by atoms with E-state index in [9.17, 15) is 5.11 Å². The zero-order valence-corrected chi connectivity index (χ0v) is 11.9. The van der Waals surface area contributed by atoms with Crippen LogP contribution in [0.4, 0.5) is 0 Å². The molecule has 102 valence electrons. The Balaban J connectivity index is 2.96. The van der Waals surface area contributed by atoms with Crippen LogP contribution in [0.5, 0.6) is 5.75 Å². The van der Waals surface area contributed by atoms with Gasteiger partial charge in [-0.25, -0.2) is 0 Å². The Kier molecular flexibility index (Phi) is 5.17. The number of aliphatic hydroxyl groups excluding tert-OH is 1. The maximum absolute atomic E-state index is 9.46. The second-order valence-electron chi connectivity index (χ2n) is 5.63. The van der Waals surface area contributed by atoms with Crippen molar-refractivity contribution >= 4 is 0 Å². The number of hydrogen-bond acceptors (Lipinski definition) is 3. The summed E-state index contributed by atoms with van der Waals surface area (Å²) in [6, 6.07) is 6.24. The summed E-state index contributed by atoms with van der Waals surface area (Å²) in [5.41, 5.74) is 7.87. The smallest absolute Gasteiger partial charge is 0.123 e. The molecule has 0 bridgehead atoms. The molecule has 0 radical (unpaired) electrons. The predicted molar refractivity (Wildman–Crippen MR) is 75.1 cm³/mol. The van der Waals surface area contributed by atoms with E-state index in [4.69, 9.17) is 10.5 Å². The molecule has 0 aliphatic rings. The molecule has 0 aromatic heterocycles. The molecule has 1 rings (SSSR count). The van der Waals surface area contributed by atoms with Crippen LogP contribution in [0.1, 0.15) is 38.8 Å². The van der Waals surface area contributed by atoms with Crippen molar-refractivity contribution in [2.75, 3.05) is 13.2 Å². The average Bonchev–Trinajstić information content (AvgIpc) is 2.34. The normalized spacial score (nSPS) is 13.4. The maximum Gasteiger partial charge on any atom is 0.123 e. The van der Waals surface area contributed by atoms with Crippen molar-refractivity contribution in [2.45, 2.75) is 45.6 Å². The quantitative estimate of drug-likeness (QED) is 0.844. The van der Waals surface area contributed by atoms with E-state index in [2.05, 4.69) is 39.8 Å². The molecule has 0 fully saturated rings. The maximum atomic E-state index is 9.46. The van der Waals surface area contributed by atoms with Crippen LogP contribution in [-0.2, 0) is 11.8 Å². The number of aryl methyl sites for hydroxylation is 1. The summed E-state index contributed by atoms with van der Waals surface area (Å²) in [5, 5.41) is 9.46. The highest BCUT2D eigenvalue weighted by molar-refractivity contribution is 5.41. The van der Waals surface area contributed by atoms with Crippen molar-refractivity contribution in [1.29, 1.82) is 0 Å². The fourth-order valence-corrected chi connectivity index (χ4v) is 1.76. The van der Waals surface area contributed by atoms with Gasteiger partial charge in [0.2, 0.25) is 0 Å². The van der Waals surface area contributed by atoms with Gasteiger partial charge in [0, 0.05) is 6.54 Å². The largest absolute Gasteiger partial charge is 0.491 e. The van der Waals surface area contributed by atoms with Gasteiger partial charge in [-0.1, -0.05) is 39.8 Å². The number of aliphatic hydroxyl groups is 1. The van der Waals surface area contributed by atoms with Gasteiger partial charge in [-0.05, 0) is 29.0 Å². The van der Waals surface area contributed by atoms with Gasteiger partial charge < -0.3 is 15.6 Å². The summed E-state index contributed by atoms with van der Waals surface area (Å²) < 4.78 is 5.69. The Morgan fingerprint density at radius 1 is 1.33 bits per heavy atom. The van der Waals surface area contributed by atoms with Crippen LogP contribution in [0.2, 0.25) is 0 Å². The van der Waals surface area contributed by atoms with E-state index in [-0.39, 0.29) is 18.6 Å². The molecular weight excluding hydrogens is 226 g/mol. The molecule has 0 aliphatic carbocycles. The first-order valence-corrected chi connectivity index (χ1v) is 6.52. The van der Waals surface area contributed by atoms with Gasteiger partial charge in [-0.15, -0.1) is 0 Å². The first kappa shape index (κ1) is 15.0. The molecule has 0 saturated carbocycles. The van der Waals surface area contributed by atoms with Gasteiger partial charge >= 0.3 is 0 Å². The second-order valence-corrected chi connectivity index (χ2v) is 5.63. The fraction of sp³-hybridized carbons (Fsp3) is 0.600. The molecule has 0 unspecified atom stereocenters. The van der Waals surface area contributed by atoms with Crippen LogP contribution in [0, 0.1) is 0 Å². The van der Waals surface area contributed by atoms with Crippen molar-refractivity contribution in [3.8, 4) is 5.75 Å². The highest BCUT2D eigenvalue weighted by atomic mass is 16.5. The second kappa shape index (κ2) is 6.21. The van der Waals surface area contributed by atoms with Crippen molar-refractivity contribution in [3.63, 3.8) is 0 Å². The molecule has 3 nitrogen and oxygen atoms in total. The SMILES string of the molecule is CCc1ccc(OC[C@H](O)CN)c(C(C)(C)C)c1. The summed E-state index contributed by atoms with van der Waals surface area (Å²) in [6.07, 6.45) is 0.401. The molecular formula is C15H25NO2. The first-order chi connectivity index (χ1) is 8.38. The summed E-state index contributed by atoms with van der Waals surface area (Å²) in [4.78, 5) is 0. The molecule has 0 spiro atoms. The highest BCUT2D eigenvalue weighted by Crippen LogP contribution is 2.32. The molecule has 3 N–H and O–H groups in total. The minimum absolute atomic E-state index is 0.0220. The van der Waals surface area contributed by atoms with Crippen LogP contribution in [-0.4, -0.2) is 24.4 Å². The molecule has 0 heterocycles. The van der Waals surface area contributed by atoms with E-state index >= 15 is 0 Å². The van der Waals surface area contributed by atoms with E-state index in [0.29, 0.717) is 0 Å². The molecule has 0 amide bonds. The Hall–Kier alpha value is -1.06. The lowest BCUT2D eigenvalue weighted by Crippen LogP contribution is -2.27. The van der Waals surface area contributed by atoms with Gasteiger partial charge in [0.05, 0.1) is 0 Å². The molecule has 3 heteroatoms. The number of benzene rings is 1. The van der Waals surface area contributed by atoms with E-state index < -0.39 is 6.10 Å². The van der Waals surface area contributed by atoms with Crippen LogP contribution in [0.15, 0.2) is 18.2 Å². The van der Waals surface area contributed by atoms with Crippen LogP contribution >= 0.6 is 0 Å². The zero-order chi connectivity index (χ0) is 13.8. The molecule has 18 heavy (non-hydrogen) atoms. The standard InChI is InChI=1S/C15H25NO2/c1-5-11-6-7-14(18-10-12(17)9-16)13(8-11)15(2,3)4/h6-8,12,17H,5,9-10,16H2,1-4H3/t12-/m1/s1. The Morgan fingerprint density at radius 3 is 2.50 bits per heavy atom. The summed E-state index contributed by atoms with van der Waals surface area (Å²) in [7, 11) is 0. The molecule has 1 aromatic rings. The number of hydrogen-bond donors (Lipinski definition) is 2. The average molecular weight is 251 g/mol. The van der Waals surface area contributed by atoms with Gasteiger partial charge in [0.15, 0.2) is 0 Å². The Bertz CT molecular complexity index is 383. The summed E-state index contributed by atoms with van der Waals surface area (Å²) in [5.74, 6) is 0.840. The molecule has 0 saturated heterocycles. The molecule has 1 atom stereocenters. The first-order valence-electron chi connectivity index (χ1n) is 6.52. The van der Waals surface area contributed by atoms with E-state index in [1.807, 2.05) is 6.07 Å². The van der Waals surface area contributed by atoms with Crippen molar-refractivity contribution in [2.24, 2.45) is 5.73 Å². The fourth-order valence-electron chi connectivity index (χ4n) is 1.76. The third-order valence-electron chi connectivity index (χ3n) is 2.96. The Morgan fingerprint density at radius 2 is 2.00 bits per heavy atom. The third kappa shape index (κ3) is 4.00. The number of rotatable bonds is 5. The predicted octanol–water partition coefficient (Wildman–Crippen LogP) is 2.24. The van der Waals surface area contributed by atoms with Crippen molar-refractivity contribution in [3.05, 3.63) is 29.3 Å². The topological polar surface area (TPSA) is 55.5 Å². The van der Waals surface area contributed by atoms with Gasteiger partial charge in [0.25, 0.3) is 0 Å². The molecule has 1 aromatic carbocycles. The highest BCUT2D eigenvalue weighted by Gasteiger charge is 2.19. The van der Waals surface area contributed by atoms with Gasteiger partial charge in [-0.2, -0.15) is 0 Å². The van der Waals surface area contributed by atoms with Crippen LogP contribution in [0.3, 0.4) is 0 Å². The van der Waals surface area contributed by atoms with E-state index in [0.717, 1.165) is 12.2 Å². The lowest BCUT2D eigenvalue weighted by atomic mass is 9.85. The van der Waals surface area contributed by atoms with Crippen molar-refractivity contribution in [1.82, 2.24) is 0 Å². The number of nitrogens with two attached hydrogens (primary N) is 1. The van der Waals surface area contributed by atoms with Crippen LogP contribution < -0.4 is 10.5 Å². The summed E-state index contributed by atoms with van der Waals surface area (Å²) >= 11 is 0. The monoisotopic (exact) mass is 251 g/mol. The van der Waals surface area contributed by atoms with Crippen LogP contribution in [0.25, 0.3) is 0 Å². The van der Waals surface area contributed by atoms with E-state index in [1.165, 1.54) is 11.1 Å². The molecule has 0 aliphatic heterocycles. The lowest BCUT2D eigenvalue weighted by Gasteiger charge is -2.24. The summed E-state index contributed by atoms with van der Waals surface area (Å²) in [6.45, 7) is 9.08. The zero-order valence-electron chi connectivity index (χ0n) is 11.9. The Labute approximate surface area is 110 Å². The van der Waals surface area contributed by atoms with Gasteiger partial charge in [0.1, 0.15) is 18.5 Å². The minimum atomic E-state index is -0.608. The van der Waals surface area contributed by atoms with Gasteiger partial charge in [-0.3, -0.25) is 0 Å². The minimum Gasteiger partial charge on any atom is -0.491 e. The van der Waals surface area contributed by atoms with E-state index in [1.54, 1.807) is 0 Å².